The summed E-state index contributed by atoms with van der Waals surface area (Å²) in [7, 11) is 0. The van der Waals surface area contributed by atoms with Gasteiger partial charge >= 0.3 is 0 Å². The van der Waals surface area contributed by atoms with Gasteiger partial charge in [-0.05, 0) is 42.5 Å². The van der Waals surface area contributed by atoms with E-state index in [0.29, 0.717) is 22.0 Å². The highest BCUT2D eigenvalue weighted by molar-refractivity contribution is 6.31. The van der Waals surface area contributed by atoms with Crippen molar-refractivity contribution in [2.24, 2.45) is 5.73 Å². The number of benzene rings is 2. The Balaban J connectivity index is 2.34. The fourth-order valence-corrected chi connectivity index (χ4v) is 1.72. The van der Waals surface area contributed by atoms with Gasteiger partial charge in [0, 0.05) is 16.4 Å². The molecule has 0 atom stereocenters. The molecule has 0 saturated carbocycles. The number of anilines is 3. The Morgan fingerprint density at radius 1 is 1.11 bits per heavy atom. The lowest BCUT2D eigenvalue weighted by Crippen LogP contribution is -2.13. The standard InChI is InChI=1S/C13H12ClN3O/c14-8-1-6-12(11(7-8)13(16)18)17-10-4-2-9(15)3-5-10/h1-7,17H,15H2,(H2,16,18). The van der Waals surface area contributed by atoms with Gasteiger partial charge in [0.05, 0.1) is 11.3 Å². The number of nitrogens with two attached hydrogens (primary N) is 2. The maximum absolute atomic E-state index is 11.3. The fraction of sp³-hybridized carbons (Fsp3) is 0. The summed E-state index contributed by atoms with van der Waals surface area (Å²) in [5.74, 6) is -0.532. The van der Waals surface area contributed by atoms with Crippen LogP contribution in [-0.4, -0.2) is 5.91 Å². The van der Waals surface area contributed by atoms with E-state index in [1.165, 1.54) is 6.07 Å². The molecule has 0 aliphatic rings. The molecule has 0 saturated heterocycles. The van der Waals surface area contributed by atoms with Gasteiger partial charge in [0.25, 0.3) is 5.91 Å². The van der Waals surface area contributed by atoms with Crippen molar-refractivity contribution >= 4 is 34.6 Å². The van der Waals surface area contributed by atoms with Gasteiger partial charge in [0.1, 0.15) is 0 Å². The molecule has 0 aliphatic heterocycles. The third kappa shape index (κ3) is 2.73. The van der Waals surface area contributed by atoms with E-state index in [1.807, 2.05) is 12.1 Å². The molecule has 1 amide bonds. The van der Waals surface area contributed by atoms with Crippen molar-refractivity contribution in [3.05, 3.63) is 53.1 Å². The maximum Gasteiger partial charge on any atom is 0.250 e. The van der Waals surface area contributed by atoms with Crippen molar-refractivity contribution < 1.29 is 4.79 Å². The average Bonchev–Trinajstić information content (AvgIpc) is 2.34. The van der Waals surface area contributed by atoms with Crippen molar-refractivity contribution in [3.63, 3.8) is 0 Å². The summed E-state index contributed by atoms with van der Waals surface area (Å²) in [6, 6.07) is 12.1. The van der Waals surface area contributed by atoms with Gasteiger partial charge in [-0.1, -0.05) is 11.6 Å². The van der Waals surface area contributed by atoms with E-state index in [4.69, 9.17) is 23.1 Å². The highest BCUT2D eigenvalue weighted by atomic mass is 35.5. The number of hydrogen-bond donors (Lipinski definition) is 3. The Hall–Kier alpha value is -2.20. The molecule has 5 heteroatoms. The van der Waals surface area contributed by atoms with Crippen molar-refractivity contribution in [2.75, 3.05) is 11.1 Å². The topological polar surface area (TPSA) is 81.1 Å². The predicted octanol–water partition coefficient (Wildman–Crippen LogP) is 2.76. The Bertz CT molecular complexity index is 581. The van der Waals surface area contributed by atoms with E-state index in [0.717, 1.165) is 5.69 Å². The summed E-state index contributed by atoms with van der Waals surface area (Å²) in [5, 5.41) is 3.56. The molecule has 2 rings (SSSR count). The summed E-state index contributed by atoms with van der Waals surface area (Å²) in [5.41, 5.74) is 13.3. The molecule has 2 aromatic carbocycles. The number of primary amides is 1. The van der Waals surface area contributed by atoms with Crippen LogP contribution in [0, 0.1) is 0 Å². The highest BCUT2D eigenvalue weighted by Gasteiger charge is 2.09. The van der Waals surface area contributed by atoms with E-state index in [1.54, 1.807) is 24.3 Å². The van der Waals surface area contributed by atoms with Crippen LogP contribution in [0.15, 0.2) is 42.5 Å². The minimum absolute atomic E-state index is 0.347. The molecule has 0 heterocycles. The van der Waals surface area contributed by atoms with Crippen molar-refractivity contribution in [3.8, 4) is 0 Å². The van der Waals surface area contributed by atoms with Crippen LogP contribution < -0.4 is 16.8 Å². The number of nitrogens with one attached hydrogen (secondary N) is 1. The van der Waals surface area contributed by atoms with Gasteiger partial charge in [-0.15, -0.1) is 0 Å². The van der Waals surface area contributed by atoms with Crippen molar-refractivity contribution in [1.29, 1.82) is 0 Å². The van der Waals surface area contributed by atoms with Crippen LogP contribution in [-0.2, 0) is 0 Å². The van der Waals surface area contributed by atoms with Crippen LogP contribution in [0.25, 0.3) is 0 Å². The third-order valence-corrected chi connectivity index (χ3v) is 2.67. The number of halogens is 1. The third-order valence-electron chi connectivity index (χ3n) is 2.44. The molecule has 0 unspecified atom stereocenters. The first-order valence-corrected chi connectivity index (χ1v) is 5.66. The summed E-state index contributed by atoms with van der Waals surface area (Å²) in [4.78, 5) is 11.3. The Morgan fingerprint density at radius 3 is 2.39 bits per heavy atom. The molecule has 0 aromatic heterocycles. The molecule has 4 nitrogen and oxygen atoms in total. The van der Waals surface area contributed by atoms with E-state index < -0.39 is 5.91 Å². The summed E-state index contributed by atoms with van der Waals surface area (Å²) in [6.45, 7) is 0. The van der Waals surface area contributed by atoms with Gasteiger partial charge in [0.2, 0.25) is 0 Å². The molecule has 5 N–H and O–H groups in total. The number of hydrogen-bond acceptors (Lipinski definition) is 3. The van der Waals surface area contributed by atoms with Crippen LogP contribution in [0.5, 0.6) is 0 Å². The summed E-state index contributed by atoms with van der Waals surface area (Å²) >= 11 is 5.83. The molecule has 18 heavy (non-hydrogen) atoms. The van der Waals surface area contributed by atoms with E-state index in [-0.39, 0.29) is 0 Å². The molecule has 0 radical (unpaired) electrons. The Kier molecular flexibility index (Phi) is 3.39. The monoisotopic (exact) mass is 261 g/mol. The number of amides is 1. The number of rotatable bonds is 3. The van der Waals surface area contributed by atoms with Crippen LogP contribution in [0.3, 0.4) is 0 Å². The normalized spacial score (nSPS) is 10.1. The Labute approximate surface area is 110 Å². The smallest absolute Gasteiger partial charge is 0.250 e. The lowest BCUT2D eigenvalue weighted by atomic mass is 10.1. The van der Waals surface area contributed by atoms with Gasteiger partial charge in [-0.25, -0.2) is 0 Å². The highest BCUT2D eigenvalue weighted by Crippen LogP contribution is 2.24. The molecule has 0 aliphatic carbocycles. The zero-order valence-electron chi connectivity index (χ0n) is 9.48. The number of carbonyl (C=O) groups is 1. The van der Waals surface area contributed by atoms with Crippen LogP contribution >= 0.6 is 11.6 Å². The second-order valence-electron chi connectivity index (χ2n) is 3.80. The maximum atomic E-state index is 11.3. The SMILES string of the molecule is NC(=O)c1cc(Cl)ccc1Nc1ccc(N)cc1. The first-order valence-electron chi connectivity index (χ1n) is 5.28. The summed E-state index contributed by atoms with van der Waals surface area (Å²) < 4.78 is 0. The van der Waals surface area contributed by atoms with E-state index >= 15 is 0 Å². The van der Waals surface area contributed by atoms with Crippen molar-refractivity contribution in [1.82, 2.24) is 0 Å². The lowest BCUT2D eigenvalue weighted by Gasteiger charge is -2.10. The van der Waals surface area contributed by atoms with Gasteiger partial charge in [-0.2, -0.15) is 0 Å². The molecule has 0 spiro atoms. The predicted molar refractivity (Wildman–Crippen MR) is 74.1 cm³/mol. The lowest BCUT2D eigenvalue weighted by molar-refractivity contribution is 0.100. The molecule has 0 fully saturated rings. The largest absolute Gasteiger partial charge is 0.399 e. The van der Waals surface area contributed by atoms with Gasteiger partial charge in [0.15, 0.2) is 0 Å². The van der Waals surface area contributed by atoms with Gasteiger partial charge in [-0.3, -0.25) is 4.79 Å². The quantitative estimate of drug-likeness (QED) is 0.743. The second-order valence-corrected chi connectivity index (χ2v) is 4.24. The fourth-order valence-electron chi connectivity index (χ4n) is 1.55. The minimum atomic E-state index is -0.532. The van der Waals surface area contributed by atoms with E-state index in [9.17, 15) is 4.79 Å². The first-order chi connectivity index (χ1) is 8.56. The van der Waals surface area contributed by atoms with Crippen LogP contribution in [0.2, 0.25) is 5.02 Å². The molecule has 0 bridgehead atoms. The van der Waals surface area contributed by atoms with Crippen molar-refractivity contribution in [2.45, 2.75) is 0 Å². The molecule has 2 aromatic rings. The average molecular weight is 262 g/mol. The minimum Gasteiger partial charge on any atom is -0.399 e. The second kappa shape index (κ2) is 4.98. The number of carbonyl (C=O) groups excluding carboxylic acids is 1. The molecular weight excluding hydrogens is 250 g/mol. The molecule has 92 valence electrons. The van der Waals surface area contributed by atoms with Gasteiger partial charge < -0.3 is 16.8 Å². The van der Waals surface area contributed by atoms with Crippen LogP contribution in [0.4, 0.5) is 17.1 Å². The van der Waals surface area contributed by atoms with E-state index in [2.05, 4.69) is 5.32 Å². The number of nitrogen functional groups attached to an aromatic ring is 1. The summed E-state index contributed by atoms with van der Waals surface area (Å²) in [6.07, 6.45) is 0. The molecular formula is C13H12ClN3O. The zero-order valence-corrected chi connectivity index (χ0v) is 10.2. The Morgan fingerprint density at radius 2 is 1.78 bits per heavy atom. The first kappa shape index (κ1) is 12.3. The zero-order chi connectivity index (χ0) is 13.1. The van der Waals surface area contributed by atoms with Crippen LogP contribution in [0.1, 0.15) is 10.4 Å².